The van der Waals surface area contributed by atoms with Gasteiger partial charge in [0, 0.05) is 17.7 Å². The van der Waals surface area contributed by atoms with E-state index in [1.54, 1.807) is 38.8 Å². The molecule has 29 heavy (non-hydrogen) atoms. The Hall–Kier alpha value is -0.370. The predicted octanol–water partition coefficient (Wildman–Crippen LogP) is 9.48. The second-order valence-corrected chi connectivity index (χ2v) is 12.1. The number of fused-ring (bicyclic) bond motifs is 1. The summed E-state index contributed by atoms with van der Waals surface area (Å²) in [6.45, 7) is 9.34. The van der Waals surface area contributed by atoms with Crippen molar-refractivity contribution in [2.45, 2.75) is 122 Å². The molecule has 0 heterocycles. The van der Waals surface area contributed by atoms with Gasteiger partial charge < -0.3 is 0 Å². The Morgan fingerprint density at radius 2 is 1.66 bits per heavy atom. The highest BCUT2D eigenvalue weighted by molar-refractivity contribution is 6.23. The number of hydrogen-bond acceptors (Lipinski definition) is 0. The Morgan fingerprint density at radius 1 is 1.03 bits per heavy atom. The minimum absolute atomic E-state index is 0.0130. The molecule has 2 atom stereocenters. The van der Waals surface area contributed by atoms with Crippen LogP contribution in [-0.4, -0.2) is 10.8 Å². The van der Waals surface area contributed by atoms with E-state index in [-0.39, 0.29) is 18.8 Å². The topological polar surface area (TPSA) is 0 Å². The lowest BCUT2D eigenvalue weighted by molar-refractivity contribution is -0.0339. The average molecular weight is 429 g/mol. The Bertz CT molecular complexity index is 574. The Labute approximate surface area is 183 Å². The van der Waals surface area contributed by atoms with E-state index in [0.717, 1.165) is 5.92 Å². The van der Waals surface area contributed by atoms with Gasteiger partial charge in [-0.05, 0) is 88.9 Å². The summed E-state index contributed by atoms with van der Waals surface area (Å²) in [5, 5.41) is 0. The third-order valence-electron chi connectivity index (χ3n) is 6.91. The van der Waals surface area contributed by atoms with Gasteiger partial charge in [0.25, 0.3) is 0 Å². The van der Waals surface area contributed by atoms with E-state index >= 15 is 0 Å². The molecule has 0 aliphatic heterocycles. The molecule has 0 aromatic carbocycles. The first-order chi connectivity index (χ1) is 13.4. The third kappa shape index (κ3) is 8.35. The zero-order valence-corrected chi connectivity index (χ0v) is 20.2. The van der Waals surface area contributed by atoms with Gasteiger partial charge in [-0.3, -0.25) is 0 Å². The highest BCUT2D eigenvalue weighted by Gasteiger charge is 2.42. The number of allylic oxidation sites excluding steroid dienone is 4. The maximum atomic E-state index is 13.1. The van der Waals surface area contributed by atoms with Crippen LogP contribution in [0.5, 0.6) is 0 Å². The van der Waals surface area contributed by atoms with Crippen LogP contribution in [-0.2, 0) is 0 Å². The number of hydrogen-bond donors (Lipinski definition) is 0. The first kappa shape index (κ1) is 24.9. The van der Waals surface area contributed by atoms with Crippen molar-refractivity contribution in [1.82, 2.24) is 0 Å². The van der Waals surface area contributed by atoms with Crippen molar-refractivity contribution < 1.29 is 8.78 Å². The molecule has 0 aromatic rings. The lowest BCUT2D eigenvalue weighted by Crippen LogP contribution is -2.28. The van der Waals surface area contributed by atoms with E-state index in [4.69, 9.17) is 11.6 Å². The van der Waals surface area contributed by atoms with Crippen molar-refractivity contribution in [3.05, 3.63) is 23.3 Å². The summed E-state index contributed by atoms with van der Waals surface area (Å²) < 4.78 is 26.2. The van der Waals surface area contributed by atoms with E-state index in [9.17, 15) is 8.78 Å². The van der Waals surface area contributed by atoms with Gasteiger partial charge in [-0.2, -0.15) is 0 Å². The first-order valence-electron chi connectivity index (χ1n) is 11.9. The molecule has 0 radical (unpaired) electrons. The van der Waals surface area contributed by atoms with E-state index in [2.05, 4.69) is 19.1 Å². The molecule has 3 fully saturated rings. The van der Waals surface area contributed by atoms with Crippen molar-refractivity contribution in [2.75, 3.05) is 0 Å². The van der Waals surface area contributed by atoms with Gasteiger partial charge in [0.1, 0.15) is 0 Å². The summed E-state index contributed by atoms with van der Waals surface area (Å²) in [5.74, 6) is -1.69. The van der Waals surface area contributed by atoms with Crippen molar-refractivity contribution in [1.29, 1.82) is 0 Å². The largest absolute Gasteiger partial charge is 0.250 e. The number of alkyl halides is 3. The van der Waals surface area contributed by atoms with Gasteiger partial charge in [-0.1, -0.05) is 50.5 Å². The van der Waals surface area contributed by atoms with Crippen LogP contribution in [0, 0.1) is 17.3 Å². The summed E-state index contributed by atoms with van der Waals surface area (Å²) >= 11 is 5.72. The normalized spacial score (nSPS) is 29.1. The van der Waals surface area contributed by atoms with Crippen LogP contribution < -0.4 is 0 Å². The number of halogens is 3. The quantitative estimate of drug-likeness (QED) is 0.382. The van der Waals surface area contributed by atoms with Gasteiger partial charge >= 0.3 is 0 Å². The highest BCUT2D eigenvalue weighted by Crippen LogP contribution is 2.54. The van der Waals surface area contributed by atoms with Gasteiger partial charge in [0.15, 0.2) is 0 Å². The van der Waals surface area contributed by atoms with Gasteiger partial charge in [0.05, 0.1) is 0 Å². The second-order valence-electron chi connectivity index (χ2n) is 11.1. The molecule has 0 amide bonds. The molecule has 0 bridgehead atoms. The molecule has 0 saturated heterocycles. The van der Waals surface area contributed by atoms with Crippen molar-refractivity contribution in [3.8, 4) is 0 Å². The highest BCUT2D eigenvalue weighted by atomic mass is 35.5. The smallest absolute Gasteiger partial charge is 0.207 e. The van der Waals surface area contributed by atoms with Crippen LogP contribution in [0.25, 0.3) is 0 Å². The van der Waals surface area contributed by atoms with Crippen molar-refractivity contribution in [2.24, 2.45) is 17.3 Å². The summed E-state index contributed by atoms with van der Waals surface area (Å²) in [7, 11) is 0. The third-order valence-corrected chi connectivity index (χ3v) is 7.04. The van der Waals surface area contributed by atoms with Crippen LogP contribution in [0.15, 0.2) is 23.3 Å². The summed E-state index contributed by atoms with van der Waals surface area (Å²) in [4.78, 5) is -0.807. The molecule has 3 aliphatic rings. The van der Waals surface area contributed by atoms with Gasteiger partial charge in [-0.25, -0.2) is 8.78 Å². The van der Waals surface area contributed by atoms with Crippen LogP contribution in [0.2, 0.25) is 0 Å². The molecule has 0 aromatic heterocycles. The maximum absolute atomic E-state index is 13.1. The molecule has 3 saturated carbocycles. The molecule has 2 unspecified atom stereocenters. The van der Waals surface area contributed by atoms with Gasteiger partial charge in [-0.15, -0.1) is 11.6 Å². The predicted molar refractivity (Wildman–Crippen MR) is 123 cm³/mol. The maximum Gasteiger partial charge on any atom is 0.250 e. The van der Waals surface area contributed by atoms with E-state index in [0.29, 0.717) is 5.41 Å². The first-order valence-corrected chi connectivity index (χ1v) is 12.2. The Balaban J connectivity index is 0.000000223. The minimum atomic E-state index is -2.63. The average Bonchev–Trinajstić information content (AvgIpc) is 3.18. The summed E-state index contributed by atoms with van der Waals surface area (Å²) in [6, 6.07) is 0. The Morgan fingerprint density at radius 3 is 2.24 bits per heavy atom. The molecule has 168 valence electrons. The molecule has 0 N–H and O–H groups in total. The molecule has 0 spiro atoms. The molecule has 3 rings (SSSR count). The van der Waals surface area contributed by atoms with Crippen molar-refractivity contribution >= 4 is 11.6 Å². The van der Waals surface area contributed by atoms with Crippen LogP contribution in [0.3, 0.4) is 0 Å². The lowest BCUT2D eigenvalue weighted by Gasteiger charge is -2.38. The van der Waals surface area contributed by atoms with Crippen LogP contribution in [0.4, 0.5) is 8.78 Å². The molecule has 3 aliphatic carbocycles. The zero-order chi connectivity index (χ0) is 21.7. The summed E-state index contributed by atoms with van der Waals surface area (Å²) in [6.07, 6.45) is 19.0. The fourth-order valence-electron chi connectivity index (χ4n) is 5.74. The number of rotatable bonds is 5. The van der Waals surface area contributed by atoms with E-state index in [1.165, 1.54) is 64.2 Å². The lowest BCUT2D eigenvalue weighted by atomic mass is 9.67. The molecule has 0 nitrogen and oxygen atoms in total. The minimum Gasteiger partial charge on any atom is -0.207 e. The van der Waals surface area contributed by atoms with E-state index in [1.807, 2.05) is 0 Å². The second kappa shape index (κ2) is 10.3. The molecular formula is C26H43ClF2. The summed E-state index contributed by atoms with van der Waals surface area (Å²) in [5.41, 5.74) is 4.16. The molecular weight excluding hydrogens is 386 g/mol. The van der Waals surface area contributed by atoms with Crippen LogP contribution in [0.1, 0.15) is 112 Å². The van der Waals surface area contributed by atoms with Crippen LogP contribution >= 0.6 is 11.6 Å². The SMILES string of the molecule is CC(C)CC(F)(F)CC(C)(C)Cl.CC12CCC/C(=C\C=C3CCCC3)C1CCC2. The Kier molecular flexibility index (Phi) is 8.84. The monoisotopic (exact) mass is 428 g/mol. The fourth-order valence-corrected chi connectivity index (χ4v) is 5.94. The standard InChI is InChI=1S/C17H26.C9H17ClF2/c1-17-12-4-8-15(16(17)9-5-13-17)11-10-14-6-2-3-7-14;1-7(2)5-9(11,12)6-8(3,4)10/h10-11,16H,2-9,12-13H2,1H3;7H,5-6H2,1-4H3/b15-11+;. The molecule has 3 heteroatoms. The fraction of sp³-hybridized carbons (Fsp3) is 0.846. The van der Waals surface area contributed by atoms with E-state index < -0.39 is 10.8 Å². The van der Waals surface area contributed by atoms with Gasteiger partial charge in [0.2, 0.25) is 5.92 Å². The zero-order valence-electron chi connectivity index (χ0n) is 19.4. The van der Waals surface area contributed by atoms with Crippen molar-refractivity contribution in [3.63, 3.8) is 0 Å².